The van der Waals surface area contributed by atoms with Crippen LogP contribution in [0.15, 0.2) is 17.0 Å². The molecule has 0 amide bonds. The van der Waals surface area contributed by atoms with Crippen molar-refractivity contribution in [3.63, 3.8) is 0 Å². The Hall–Kier alpha value is -1.14. The van der Waals surface area contributed by atoms with E-state index in [0.29, 0.717) is 0 Å². The Balaban J connectivity index is 3.38. The first-order valence-electron chi connectivity index (χ1n) is 6.42. The van der Waals surface area contributed by atoms with Crippen LogP contribution < -0.4 is 5.73 Å². The van der Waals surface area contributed by atoms with Crippen molar-refractivity contribution in [1.82, 2.24) is 4.31 Å². The molecular formula is C14H23FN2O2S. The molecule has 0 aromatic heterocycles. The van der Waals surface area contributed by atoms with Crippen molar-refractivity contribution >= 4 is 15.7 Å². The molecule has 0 saturated heterocycles. The van der Waals surface area contributed by atoms with Gasteiger partial charge in [-0.3, -0.25) is 0 Å². The van der Waals surface area contributed by atoms with Gasteiger partial charge in [0.1, 0.15) is 10.7 Å². The zero-order chi connectivity index (χ0) is 15.9. The molecule has 2 N–H and O–H groups in total. The lowest BCUT2D eigenvalue weighted by atomic mass is 9.88. The zero-order valence-electron chi connectivity index (χ0n) is 12.9. The van der Waals surface area contributed by atoms with Crippen LogP contribution in [0.3, 0.4) is 0 Å². The van der Waals surface area contributed by atoms with Crippen LogP contribution in [-0.4, -0.2) is 25.8 Å². The number of hydrogen-bond donors (Lipinski definition) is 1. The molecule has 0 aliphatic rings. The summed E-state index contributed by atoms with van der Waals surface area (Å²) < 4.78 is 40.5. The maximum atomic E-state index is 14.1. The number of anilines is 1. The second-order valence-electron chi connectivity index (χ2n) is 6.21. The van der Waals surface area contributed by atoms with Gasteiger partial charge in [0.2, 0.25) is 10.0 Å². The lowest BCUT2D eigenvalue weighted by Gasteiger charge is -2.34. The molecule has 1 rings (SSSR count). The van der Waals surface area contributed by atoms with Gasteiger partial charge in [0.05, 0.1) is 0 Å². The average molecular weight is 302 g/mol. The molecule has 0 radical (unpaired) electrons. The molecule has 0 bridgehead atoms. The Morgan fingerprint density at radius 2 is 1.80 bits per heavy atom. The lowest BCUT2D eigenvalue weighted by Crippen LogP contribution is -2.43. The summed E-state index contributed by atoms with van der Waals surface area (Å²) in [5, 5.41) is 0. The van der Waals surface area contributed by atoms with Gasteiger partial charge < -0.3 is 5.73 Å². The Morgan fingerprint density at radius 1 is 1.30 bits per heavy atom. The van der Waals surface area contributed by atoms with Crippen LogP contribution in [0.4, 0.5) is 10.1 Å². The van der Waals surface area contributed by atoms with Crippen molar-refractivity contribution in [2.75, 3.05) is 12.8 Å². The first-order chi connectivity index (χ1) is 8.89. The smallest absolute Gasteiger partial charge is 0.246 e. The van der Waals surface area contributed by atoms with E-state index in [2.05, 4.69) is 0 Å². The maximum absolute atomic E-state index is 14.1. The summed E-state index contributed by atoms with van der Waals surface area (Å²) in [6.07, 6.45) is 0. The third-order valence-corrected chi connectivity index (χ3v) is 5.63. The van der Waals surface area contributed by atoms with E-state index in [-0.39, 0.29) is 27.6 Å². The summed E-state index contributed by atoms with van der Waals surface area (Å²) in [5.74, 6) is -0.743. The second kappa shape index (κ2) is 5.33. The number of nitrogens with two attached hydrogens (primary N) is 1. The monoisotopic (exact) mass is 302 g/mol. The minimum absolute atomic E-state index is 0.223. The van der Waals surface area contributed by atoms with E-state index in [1.54, 1.807) is 6.92 Å². The van der Waals surface area contributed by atoms with E-state index in [4.69, 9.17) is 5.73 Å². The fourth-order valence-electron chi connectivity index (χ4n) is 1.86. The third-order valence-electron chi connectivity index (χ3n) is 3.70. The van der Waals surface area contributed by atoms with E-state index in [1.165, 1.54) is 30.4 Å². The number of nitrogens with zero attached hydrogens (tertiary/aromatic N) is 1. The van der Waals surface area contributed by atoms with Crippen LogP contribution in [0.2, 0.25) is 0 Å². The van der Waals surface area contributed by atoms with Gasteiger partial charge in [0, 0.05) is 18.8 Å². The normalized spacial score (nSPS) is 14.6. The largest absolute Gasteiger partial charge is 0.399 e. The number of hydrogen-bond acceptors (Lipinski definition) is 3. The van der Waals surface area contributed by atoms with E-state index in [0.717, 1.165) is 0 Å². The summed E-state index contributed by atoms with van der Waals surface area (Å²) in [7, 11) is -2.46. The van der Waals surface area contributed by atoms with Crippen molar-refractivity contribution in [2.45, 2.75) is 45.6 Å². The van der Waals surface area contributed by atoms with Crippen LogP contribution in [0.5, 0.6) is 0 Å². The molecule has 1 aromatic carbocycles. The van der Waals surface area contributed by atoms with E-state index in [9.17, 15) is 12.8 Å². The number of halogens is 1. The molecule has 0 saturated carbocycles. The molecule has 1 aromatic rings. The predicted molar refractivity (Wildman–Crippen MR) is 79.4 cm³/mol. The van der Waals surface area contributed by atoms with Crippen molar-refractivity contribution < 1.29 is 12.8 Å². The molecule has 0 spiro atoms. The highest BCUT2D eigenvalue weighted by molar-refractivity contribution is 7.89. The molecule has 0 aliphatic carbocycles. The fourth-order valence-corrected chi connectivity index (χ4v) is 3.58. The van der Waals surface area contributed by atoms with E-state index < -0.39 is 15.8 Å². The van der Waals surface area contributed by atoms with Gasteiger partial charge in [0.15, 0.2) is 0 Å². The molecule has 4 nitrogen and oxygen atoms in total. The Bertz CT molecular complexity index is 606. The van der Waals surface area contributed by atoms with E-state index >= 15 is 0 Å². The number of nitrogen functional groups attached to an aromatic ring is 1. The minimum atomic E-state index is -3.92. The number of rotatable bonds is 3. The van der Waals surface area contributed by atoms with Crippen molar-refractivity contribution in [1.29, 1.82) is 0 Å². The van der Waals surface area contributed by atoms with Gasteiger partial charge in [-0.2, -0.15) is 4.31 Å². The molecule has 0 aliphatic heterocycles. The highest BCUT2D eigenvalue weighted by atomic mass is 32.2. The van der Waals surface area contributed by atoms with Crippen LogP contribution >= 0.6 is 0 Å². The molecule has 1 atom stereocenters. The summed E-state index contributed by atoms with van der Waals surface area (Å²) in [5.41, 5.74) is 5.84. The molecule has 114 valence electrons. The van der Waals surface area contributed by atoms with Crippen LogP contribution in [0.1, 0.15) is 33.3 Å². The SMILES string of the molecule is Cc1cc(N)cc(S(=O)(=O)N(C)C(C)C(C)(C)C)c1F. The standard InChI is InChI=1S/C14H23FN2O2S/c1-9-7-11(16)8-12(13(9)15)20(18,19)17(6)10(2)14(3,4)5/h7-8,10H,16H2,1-6H3. The van der Waals surface area contributed by atoms with Crippen LogP contribution in [0.25, 0.3) is 0 Å². The topological polar surface area (TPSA) is 63.4 Å². The molecular weight excluding hydrogens is 279 g/mol. The maximum Gasteiger partial charge on any atom is 0.246 e. The van der Waals surface area contributed by atoms with Gasteiger partial charge in [0.25, 0.3) is 0 Å². The third kappa shape index (κ3) is 3.12. The van der Waals surface area contributed by atoms with Crippen molar-refractivity contribution in [2.24, 2.45) is 5.41 Å². The highest BCUT2D eigenvalue weighted by Gasteiger charge is 2.34. The Labute approximate surface area is 120 Å². The van der Waals surface area contributed by atoms with Crippen molar-refractivity contribution in [3.8, 4) is 0 Å². The zero-order valence-corrected chi connectivity index (χ0v) is 13.7. The summed E-state index contributed by atoms with van der Waals surface area (Å²) in [4.78, 5) is -0.367. The summed E-state index contributed by atoms with van der Waals surface area (Å²) in [6, 6.07) is 2.30. The summed E-state index contributed by atoms with van der Waals surface area (Å²) in [6.45, 7) is 9.10. The van der Waals surface area contributed by atoms with Gasteiger partial charge in [-0.15, -0.1) is 0 Å². The highest BCUT2D eigenvalue weighted by Crippen LogP contribution is 2.30. The van der Waals surface area contributed by atoms with Gasteiger partial charge in [-0.05, 0) is 37.0 Å². The molecule has 6 heteroatoms. The minimum Gasteiger partial charge on any atom is -0.399 e. The first kappa shape index (κ1) is 16.9. The molecule has 0 heterocycles. The Kier molecular flexibility index (Phi) is 4.51. The summed E-state index contributed by atoms with van der Waals surface area (Å²) >= 11 is 0. The van der Waals surface area contributed by atoms with Gasteiger partial charge >= 0.3 is 0 Å². The Morgan fingerprint density at radius 3 is 2.25 bits per heavy atom. The van der Waals surface area contributed by atoms with Crippen LogP contribution in [-0.2, 0) is 10.0 Å². The van der Waals surface area contributed by atoms with Crippen molar-refractivity contribution in [3.05, 3.63) is 23.5 Å². The van der Waals surface area contributed by atoms with E-state index in [1.807, 2.05) is 20.8 Å². The first-order valence-corrected chi connectivity index (χ1v) is 7.86. The van der Waals surface area contributed by atoms with Gasteiger partial charge in [-0.1, -0.05) is 20.8 Å². The number of benzene rings is 1. The average Bonchev–Trinajstić information content (AvgIpc) is 2.30. The van der Waals surface area contributed by atoms with Gasteiger partial charge in [-0.25, -0.2) is 12.8 Å². The second-order valence-corrected chi connectivity index (χ2v) is 8.18. The van der Waals surface area contributed by atoms with Crippen LogP contribution in [0, 0.1) is 18.2 Å². The molecule has 20 heavy (non-hydrogen) atoms. The number of aryl methyl sites for hydroxylation is 1. The fraction of sp³-hybridized carbons (Fsp3) is 0.571. The molecule has 1 unspecified atom stereocenters. The lowest BCUT2D eigenvalue weighted by molar-refractivity contribution is 0.216. The predicted octanol–water partition coefficient (Wildman–Crippen LogP) is 2.77. The number of sulfonamides is 1. The molecule has 0 fully saturated rings. The quantitative estimate of drug-likeness (QED) is 0.873.